The van der Waals surface area contributed by atoms with Gasteiger partial charge in [-0.2, -0.15) is 5.26 Å². The third-order valence-electron chi connectivity index (χ3n) is 6.62. The minimum absolute atomic E-state index is 0.136. The Morgan fingerprint density at radius 2 is 1.94 bits per heavy atom. The molecule has 7 nitrogen and oxygen atoms in total. The van der Waals surface area contributed by atoms with E-state index in [1.165, 1.54) is 11.1 Å². The summed E-state index contributed by atoms with van der Waals surface area (Å²) < 4.78 is 0. The Hall–Kier alpha value is -3.63. The molecular formula is C26H28N6O. The molecular weight excluding hydrogens is 412 g/mol. The van der Waals surface area contributed by atoms with Crippen molar-refractivity contribution >= 4 is 28.4 Å². The van der Waals surface area contributed by atoms with Crippen molar-refractivity contribution < 1.29 is 4.79 Å². The first-order chi connectivity index (χ1) is 16.2. The van der Waals surface area contributed by atoms with Gasteiger partial charge in [0, 0.05) is 30.2 Å². The van der Waals surface area contributed by atoms with Gasteiger partial charge in [-0.25, -0.2) is 9.78 Å². The van der Waals surface area contributed by atoms with Crippen LogP contribution >= 0.6 is 0 Å². The average molecular weight is 441 g/mol. The van der Waals surface area contributed by atoms with Gasteiger partial charge < -0.3 is 16.0 Å². The average Bonchev–Trinajstić information content (AvgIpc) is 3.23. The first-order valence-corrected chi connectivity index (χ1v) is 11.6. The fourth-order valence-corrected chi connectivity index (χ4v) is 4.86. The van der Waals surface area contributed by atoms with Gasteiger partial charge in [0.05, 0.1) is 24.2 Å². The Labute approximate surface area is 193 Å². The molecule has 3 N–H and O–H groups in total. The second kappa shape index (κ2) is 9.47. The molecule has 33 heavy (non-hydrogen) atoms. The number of piperidine rings is 1. The van der Waals surface area contributed by atoms with Gasteiger partial charge in [0.2, 0.25) is 0 Å². The molecule has 0 saturated carbocycles. The molecule has 1 aliphatic heterocycles. The lowest BCUT2D eigenvalue weighted by atomic mass is 10.1. The molecule has 5 rings (SSSR count). The number of nitrogens with zero attached hydrogens (tertiary/aromatic N) is 3. The quantitative estimate of drug-likeness (QED) is 0.510. The molecule has 168 valence electrons. The van der Waals surface area contributed by atoms with E-state index >= 15 is 0 Å². The number of hydrogen-bond donors (Lipinski definition) is 3. The third-order valence-corrected chi connectivity index (χ3v) is 6.62. The van der Waals surface area contributed by atoms with Crippen molar-refractivity contribution in [1.29, 1.82) is 5.26 Å². The van der Waals surface area contributed by atoms with Crippen LogP contribution in [-0.4, -0.2) is 41.6 Å². The van der Waals surface area contributed by atoms with E-state index in [0.29, 0.717) is 12.6 Å². The number of fused-ring (bicyclic) bond motifs is 2. The molecule has 7 heteroatoms. The number of anilines is 2. The molecule has 0 radical (unpaired) electrons. The summed E-state index contributed by atoms with van der Waals surface area (Å²) in [5.41, 5.74) is 4.41. The first kappa shape index (κ1) is 21.2. The van der Waals surface area contributed by atoms with Crippen LogP contribution in [-0.2, 0) is 6.42 Å². The van der Waals surface area contributed by atoms with Crippen molar-refractivity contribution in [1.82, 2.24) is 15.2 Å². The van der Waals surface area contributed by atoms with E-state index in [9.17, 15) is 4.79 Å². The van der Waals surface area contributed by atoms with Gasteiger partial charge in [-0.15, -0.1) is 0 Å². The second-order valence-corrected chi connectivity index (χ2v) is 8.85. The summed E-state index contributed by atoms with van der Waals surface area (Å²) >= 11 is 0. The topological polar surface area (TPSA) is 93.1 Å². The number of rotatable bonds is 5. The van der Waals surface area contributed by atoms with Crippen LogP contribution < -0.4 is 16.0 Å². The Morgan fingerprint density at radius 3 is 2.79 bits per heavy atom. The van der Waals surface area contributed by atoms with Crippen LogP contribution in [0.25, 0.3) is 10.9 Å². The SMILES string of the molecule is N#CCN1CCC(NC(=O)Nc2ccc3nc(NC4CCc5ccccc54)ccc3c2)CC1. The maximum absolute atomic E-state index is 12.5. The molecule has 0 spiro atoms. The molecule has 1 aliphatic carbocycles. The van der Waals surface area contributed by atoms with E-state index in [2.05, 4.69) is 51.2 Å². The highest BCUT2D eigenvalue weighted by Crippen LogP contribution is 2.33. The summed E-state index contributed by atoms with van der Waals surface area (Å²) in [5.74, 6) is 0.866. The van der Waals surface area contributed by atoms with Crippen LogP contribution in [0.2, 0.25) is 0 Å². The Bertz CT molecular complexity index is 1190. The van der Waals surface area contributed by atoms with Gasteiger partial charge in [0.25, 0.3) is 0 Å². The minimum Gasteiger partial charge on any atom is -0.363 e. The number of urea groups is 1. The normalized spacial score (nSPS) is 18.5. The van der Waals surface area contributed by atoms with Gasteiger partial charge in [0.1, 0.15) is 5.82 Å². The van der Waals surface area contributed by atoms with Crippen LogP contribution in [0.1, 0.15) is 36.4 Å². The van der Waals surface area contributed by atoms with E-state index in [4.69, 9.17) is 10.2 Å². The zero-order valence-corrected chi connectivity index (χ0v) is 18.6. The highest BCUT2D eigenvalue weighted by molar-refractivity contribution is 5.93. The number of benzene rings is 2. The predicted molar refractivity (Wildman–Crippen MR) is 130 cm³/mol. The number of hydrogen-bond acceptors (Lipinski definition) is 5. The summed E-state index contributed by atoms with van der Waals surface area (Å²) in [7, 11) is 0. The zero-order chi connectivity index (χ0) is 22.6. The second-order valence-electron chi connectivity index (χ2n) is 8.85. The van der Waals surface area contributed by atoms with Crippen LogP contribution in [0.4, 0.5) is 16.3 Å². The molecule has 2 amide bonds. The van der Waals surface area contributed by atoms with Crippen LogP contribution in [0, 0.1) is 11.3 Å². The molecule has 1 unspecified atom stereocenters. The van der Waals surface area contributed by atoms with E-state index in [0.717, 1.165) is 61.2 Å². The monoisotopic (exact) mass is 440 g/mol. The van der Waals surface area contributed by atoms with Crippen molar-refractivity contribution in [2.24, 2.45) is 0 Å². The molecule has 0 bridgehead atoms. The smallest absolute Gasteiger partial charge is 0.319 e. The zero-order valence-electron chi connectivity index (χ0n) is 18.6. The fourth-order valence-electron chi connectivity index (χ4n) is 4.86. The van der Waals surface area contributed by atoms with Crippen molar-refractivity contribution in [3.05, 3.63) is 65.7 Å². The standard InChI is InChI=1S/C26H28N6O/c27-13-16-32-14-11-20(12-15-32)28-26(33)29-21-7-9-23-19(17-21)6-10-25(30-23)31-24-8-5-18-3-1-2-4-22(18)24/h1-4,6-7,9-10,17,20,24H,5,8,11-12,14-16H2,(H,30,31)(H2,28,29,33). The molecule has 1 fully saturated rings. The maximum Gasteiger partial charge on any atom is 0.319 e. The number of nitrogens with one attached hydrogen (secondary N) is 3. The summed E-state index contributed by atoms with van der Waals surface area (Å²) in [6.45, 7) is 2.13. The highest BCUT2D eigenvalue weighted by Gasteiger charge is 2.22. The Morgan fingerprint density at radius 1 is 1.09 bits per heavy atom. The Balaban J connectivity index is 1.19. The predicted octanol–water partition coefficient (Wildman–Crippen LogP) is 4.44. The van der Waals surface area contributed by atoms with Crippen molar-refractivity contribution in [2.45, 2.75) is 37.8 Å². The number of carbonyl (C=O) groups excluding carboxylic acids is 1. The van der Waals surface area contributed by atoms with Crippen LogP contribution in [0.5, 0.6) is 0 Å². The number of carbonyl (C=O) groups is 1. The molecule has 1 atom stereocenters. The highest BCUT2D eigenvalue weighted by atomic mass is 16.2. The fraction of sp³-hybridized carbons (Fsp3) is 0.346. The third kappa shape index (κ3) is 4.91. The number of amides is 2. The molecule has 1 saturated heterocycles. The van der Waals surface area contributed by atoms with Gasteiger partial charge in [0.15, 0.2) is 0 Å². The summed E-state index contributed by atoms with van der Waals surface area (Å²) in [4.78, 5) is 19.4. The first-order valence-electron chi connectivity index (χ1n) is 11.6. The molecule has 3 aromatic rings. The summed E-state index contributed by atoms with van der Waals surface area (Å²) in [5, 5.41) is 19.4. The number of aryl methyl sites for hydroxylation is 1. The number of likely N-dealkylation sites (tertiary alicyclic amines) is 1. The van der Waals surface area contributed by atoms with Gasteiger partial charge in [-0.05, 0) is 67.1 Å². The lowest BCUT2D eigenvalue weighted by Gasteiger charge is -2.30. The molecule has 2 aromatic carbocycles. The van der Waals surface area contributed by atoms with E-state index < -0.39 is 0 Å². The summed E-state index contributed by atoms with van der Waals surface area (Å²) in [6, 6.07) is 20.8. The largest absolute Gasteiger partial charge is 0.363 e. The molecule has 1 aromatic heterocycles. The van der Waals surface area contributed by atoms with Crippen LogP contribution in [0.15, 0.2) is 54.6 Å². The molecule has 2 aliphatic rings. The van der Waals surface area contributed by atoms with Crippen molar-refractivity contribution in [3.63, 3.8) is 0 Å². The van der Waals surface area contributed by atoms with Gasteiger partial charge in [-0.1, -0.05) is 24.3 Å². The van der Waals surface area contributed by atoms with Crippen molar-refractivity contribution in [3.8, 4) is 6.07 Å². The Kier molecular flexibility index (Phi) is 6.09. The van der Waals surface area contributed by atoms with E-state index in [-0.39, 0.29) is 12.1 Å². The van der Waals surface area contributed by atoms with Gasteiger partial charge >= 0.3 is 6.03 Å². The van der Waals surface area contributed by atoms with E-state index in [1.54, 1.807) is 0 Å². The lowest BCUT2D eigenvalue weighted by molar-refractivity contribution is 0.211. The molecule has 2 heterocycles. The number of aromatic nitrogens is 1. The number of nitriles is 1. The summed E-state index contributed by atoms with van der Waals surface area (Å²) in [6.07, 6.45) is 3.89. The van der Waals surface area contributed by atoms with Crippen LogP contribution in [0.3, 0.4) is 0 Å². The number of pyridine rings is 1. The van der Waals surface area contributed by atoms with Crippen molar-refractivity contribution in [2.75, 3.05) is 30.3 Å². The minimum atomic E-state index is -0.195. The van der Waals surface area contributed by atoms with Gasteiger partial charge in [-0.3, -0.25) is 4.90 Å². The maximum atomic E-state index is 12.5. The lowest BCUT2D eigenvalue weighted by Crippen LogP contribution is -2.46. The van der Waals surface area contributed by atoms with E-state index in [1.807, 2.05) is 30.3 Å².